The highest BCUT2D eigenvalue weighted by molar-refractivity contribution is 8.00. The molecule has 2 rings (SSSR count). The van der Waals surface area contributed by atoms with Crippen LogP contribution in [0.2, 0.25) is 0 Å². The summed E-state index contributed by atoms with van der Waals surface area (Å²) in [5, 5.41) is 5.50. The second-order valence-corrected chi connectivity index (χ2v) is 6.47. The molecular formula is C19H22N2O3S. The highest BCUT2D eigenvalue weighted by Gasteiger charge is 2.05. The number of anilines is 1. The third-order valence-electron chi connectivity index (χ3n) is 3.27. The van der Waals surface area contributed by atoms with Gasteiger partial charge in [-0.2, -0.15) is 0 Å². The minimum Gasteiger partial charge on any atom is -0.484 e. The molecular weight excluding hydrogens is 336 g/mol. The van der Waals surface area contributed by atoms with Crippen molar-refractivity contribution in [3.63, 3.8) is 0 Å². The van der Waals surface area contributed by atoms with Gasteiger partial charge in [0.2, 0.25) is 5.91 Å². The maximum absolute atomic E-state index is 12.0. The molecule has 0 aliphatic rings. The maximum atomic E-state index is 12.0. The first kappa shape index (κ1) is 18.9. The van der Waals surface area contributed by atoms with E-state index < -0.39 is 0 Å². The van der Waals surface area contributed by atoms with Gasteiger partial charge in [0.25, 0.3) is 5.91 Å². The van der Waals surface area contributed by atoms with E-state index in [-0.39, 0.29) is 18.4 Å². The van der Waals surface area contributed by atoms with Crippen LogP contribution in [-0.4, -0.2) is 30.7 Å². The average Bonchev–Trinajstić information content (AvgIpc) is 2.61. The predicted molar refractivity (Wildman–Crippen MR) is 101 cm³/mol. The topological polar surface area (TPSA) is 67.4 Å². The summed E-state index contributed by atoms with van der Waals surface area (Å²) in [6.07, 6.45) is 0. The van der Waals surface area contributed by atoms with Gasteiger partial charge in [0, 0.05) is 17.1 Å². The van der Waals surface area contributed by atoms with Crippen LogP contribution >= 0.6 is 11.8 Å². The van der Waals surface area contributed by atoms with Crippen LogP contribution in [0, 0.1) is 6.92 Å². The Labute approximate surface area is 152 Å². The van der Waals surface area contributed by atoms with Crippen molar-refractivity contribution in [3.05, 3.63) is 54.1 Å². The molecule has 0 aromatic heterocycles. The lowest BCUT2D eigenvalue weighted by atomic mass is 10.2. The fraction of sp³-hybridized carbons (Fsp3) is 0.263. The van der Waals surface area contributed by atoms with Crippen molar-refractivity contribution in [2.75, 3.05) is 24.2 Å². The van der Waals surface area contributed by atoms with Crippen LogP contribution in [-0.2, 0) is 9.59 Å². The summed E-state index contributed by atoms with van der Waals surface area (Å²) in [6.45, 7) is 4.44. The predicted octanol–water partition coefficient (Wildman–Crippen LogP) is 3.24. The van der Waals surface area contributed by atoms with E-state index in [1.807, 2.05) is 38.1 Å². The molecule has 5 nitrogen and oxygen atoms in total. The number of carbonyl (C=O) groups excluding carboxylic acids is 2. The molecule has 2 N–H and O–H groups in total. The molecule has 2 amide bonds. The van der Waals surface area contributed by atoms with E-state index in [4.69, 9.17) is 4.74 Å². The fourth-order valence-corrected chi connectivity index (χ4v) is 2.71. The van der Waals surface area contributed by atoms with Crippen LogP contribution in [0.3, 0.4) is 0 Å². The van der Waals surface area contributed by atoms with Crippen LogP contribution < -0.4 is 15.4 Å². The Morgan fingerprint density at radius 1 is 1.00 bits per heavy atom. The van der Waals surface area contributed by atoms with Gasteiger partial charge in [-0.1, -0.05) is 17.7 Å². The van der Waals surface area contributed by atoms with E-state index >= 15 is 0 Å². The Morgan fingerprint density at radius 3 is 2.32 bits per heavy atom. The number of hydrogen-bond acceptors (Lipinski definition) is 4. The van der Waals surface area contributed by atoms with Crippen molar-refractivity contribution in [2.45, 2.75) is 18.7 Å². The van der Waals surface area contributed by atoms with E-state index in [2.05, 4.69) is 10.6 Å². The summed E-state index contributed by atoms with van der Waals surface area (Å²) in [5.74, 6) is 0.700. The largest absolute Gasteiger partial charge is 0.484 e. The lowest BCUT2D eigenvalue weighted by Crippen LogP contribution is -2.28. The zero-order valence-corrected chi connectivity index (χ0v) is 15.2. The molecule has 0 saturated heterocycles. The summed E-state index contributed by atoms with van der Waals surface area (Å²) >= 11 is 1.49. The van der Waals surface area contributed by atoms with Crippen molar-refractivity contribution in [3.8, 4) is 5.75 Å². The number of likely N-dealkylation sites (N-methyl/N-ethyl adjacent to an activating group) is 1. The molecule has 6 heteroatoms. The van der Waals surface area contributed by atoms with E-state index in [0.29, 0.717) is 23.7 Å². The number of nitrogens with one attached hydrogen (secondary N) is 2. The molecule has 0 atom stereocenters. The number of carbonyl (C=O) groups is 2. The summed E-state index contributed by atoms with van der Waals surface area (Å²) < 4.78 is 5.37. The average molecular weight is 358 g/mol. The van der Waals surface area contributed by atoms with Crippen molar-refractivity contribution >= 4 is 29.3 Å². The minimum absolute atomic E-state index is 0.0211. The number of ether oxygens (including phenoxy) is 1. The van der Waals surface area contributed by atoms with Gasteiger partial charge in [-0.15, -0.1) is 11.8 Å². The monoisotopic (exact) mass is 358 g/mol. The van der Waals surface area contributed by atoms with Crippen molar-refractivity contribution in [1.82, 2.24) is 5.32 Å². The van der Waals surface area contributed by atoms with Crippen molar-refractivity contribution in [2.24, 2.45) is 0 Å². The van der Waals surface area contributed by atoms with Crippen LogP contribution in [0.1, 0.15) is 12.5 Å². The van der Waals surface area contributed by atoms with Gasteiger partial charge >= 0.3 is 0 Å². The van der Waals surface area contributed by atoms with E-state index in [1.54, 1.807) is 24.3 Å². The highest BCUT2D eigenvalue weighted by atomic mass is 32.2. The Hall–Kier alpha value is -2.47. The first-order chi connectivity index (χ1) is 12.1. The third kappa shape index (κ3) is 6.89. The lowest BCUT2D eigenvalue weighted by Gasteiger charge is -2.08. The number of aryl methyl sites for hydroxylation is 1. The van der Waals surface area contributed by atoms with E-state index in [1.165, 1.54) is 17.3 Å². The van der Waals surface area contributed by atoms with Gasteiger partial charge in [0.05, 0.1) is 5.75 Å². The molecule has 0 bridgehead atoms. The maximum Gasteiger partial charge on any atom is 0.257 e. The number of amides is 2. The van der Waals surface area contributed by atoms with Crippen LogP contribution in [0.5, 0.6) is 5.75 Å². The quantitative estimate of drug-likeness (QED) is 0.711. The third-order valence-corrected chi connectivity index (χ3v) is 4.28. The van der Waals surface area contributed by atoms with Gasteiger partial charge in [0.1, 0.15) is 5.75 Å². The van der Waals surface area contributed by atoms with Gasteiger partial charge in [-0.05, 0) is 50.2 Å². The summed E-state index contributed by atoms with van der Waals surface area (Å²) in [5.41, 5.74) is 1.89. The standard InChI is InChI=1S/C19H22N2O3S/c1-3-20-18(22)12-24-16-8-6-15(7-9-16)21-19(23)13-25-17-10-4-14(2)5-11-17/h4-11H,3,12-13H2,1-2H3,(H,20,22)(H,21,23). The first-order valence-electron chi connectivity index (χ1n) is 8.05. The smallest absolute Gasteiger partial charge is 0.257 e. The van der Waals surface area contributed by atoms with Gasteiger partial charge in [-0.3, -0.25) is 9.59 Å². The number of hydrogen-bond donors (Lipinski definition) is 2. The Balaban J connectivity index is 1.77. The lowest BCUT2D eigenvalue weighted by molar-refractivity contribution is -0.123. The molecule has 0 spiro atoms. The summed E-state index contributed by atoms with van der Waals surface area (Å²) in [4.78, 5) is 24.4. The van der Waals surface area contributed by atoms with Gasteiger partial charge < -0.3 is 15.4 Å². The van der Waals surface area contributed by atoms with Gasteiger partial charge in [-0.25, -0.2) is 0 Å². The molecule has 0 aliphatic carbocycles. The van der Waals surface area contributed by atoms with Gasteiger partial charge in [0.15, 0.2) is 6.61 Å². The fourth-order valence-electron chi connectivity index (χ4n) is 2.01. The van der Waals surface area contributed by atoms with Crippen molar-refractivity contribution < 1.29 is 14.3 Å². The molecule has 25 heavy (non-hydrogen) atoms. The molecule has 0 saturated carbocycles. The normalized spacial score (nSPS) is 10.2. The summed E-state index contributed by atoms with van der Waals surface area (Å²) in [7, 11) is 0. The van der Waals surface area contributed by atoms with Crippen LogP contribution in [0.4, 0.5) is 5.69 Å². The Bertz CT molecular complexity index is 700. The van der Waals surface area contributed by atoms with E-state index in [9.17, 15) is 9.59 Å². The SMILES string of the molecule is CCNC(=O)COc1ccc(NC(=O)CSc2ccc(C)cc2)cc1. The summed E-state index contributed by atoms with van der Waals surface area (Å²) in [6, 6.07) is 15.0. The van der Waals surface area contributed by atoms with E-state index in [0.717, 1.165) is 4.90 Å². The second kappa shape index (κ2) is 9.74. The van der Waals surface area contributed by atoms with Crippen LogP contribution in [0.25, 0.3) is 0 Å². The molecule has 0 unspecified atom stereocenters. The zero-order chi connectivity index (χ0) is 18.1. The minimum atomic E-state index is -0.159. The molecule has 132 valence electrons. The molecule has 0 aliphatic heterocycles. The molecule has 2 aromatic rings. The molecule has 0 heterocycles. The van der Waals surface area contributed by atoms with Crippen LogP contribution in [0.15, 0.2) is 53.4 Å². The van der Waals surface area contributed by atoms with Crippen molar-refractivity contribution in [1.29, 1.82) is 0 Å². The number of benzene rings is 2. The Morgan fingerprint density at radius 2 is 1.68 bits per heavy atom. The molecule has 0 fully saturated rings. The number of rotatable bonds is 8. The molecule has 2 aromatic carbocycles. The highest BCUT2D eigenvalue weighted by Crippen LogP contribution is 2.19. The molecule has 0 radical (unpaired) electrons. The second-order valence-electron chi connectivity index (χ2n) is 5.42. The zero-order valence-electron chi connectivity index (χ0n) is 14.4. The number of thioether (sulfide) groups is 1. The first-order valence-corrected chi connectivity index (χ1v) is 9.04. The Kier molecular flexibility index (Phi) is 7.35.